The summed E-state index contributed by atoms with van der Waals surface area (Å²) in [6.45, 7) is 3.69. The highest BCUT2D eigenvalue weighted by Crippen LogP contribution is 2.52. The second kappa shape index (κ2) is 3.26. The topological polar surface area (TPSA) is 20.3 Å². The van der Waals surface area contributed by atoms with Crippen LogP contribution in [0.3, 0.4) is 0 Å². The second-order valence-electron chi connectivity index (χ2n) is 4.62. The zero-order chi connectivity index (χ0) is 9.47. The number of hydrogen-bond acceptors (Lipinski definition) is 1. The largest absolute Gasteiger partial charge is 0.342 e. The maximum atomic E-state index is 11.1. The summed E-state index contributed by atoms with van der Waals surface area (Å²) in [5, 5.41) is 1.13. The van der Waals surface area contributed by atoms with Crippen molar-refractivity contribution >= 4 is 21.8 Å². The van der Waals surface area contributed by atoms with Crippen LogP contribution in [0.5, 0.6) is 0 Å². The first kappa shape index (κ1) is 9.50. The molecule has 1 saturated heterocycles. The van der Waals surface area contributed by atoms with Gasteiger partial charge in [-0.2, -0.15) is 0 Å². The molecular formula is C10H16BrNO. The molecule has 2 aliphatic rings. The molecule has 0 unspecified atom stereocenters. The van der Waals surface area contributed by atoms with E-state index >= 15 is 0 Å². The van der Waals surface area contributed by atoms with E-state index in [4.69, 9.17) is 0 Å². The maximum Gasteiger partial charge on any atom is 0.219 e. The van der Waals surface area contributed by atoms with Gasteiger partial charge in [-0.15, -0.1) is 0 Å². The van der Waals surface area contributed by atoms with Gasteiger partial charge in [-0.25, -0.2) is 0 Å². The number of likely N-dealkylation sites (tertiary alicyclic amines) is 1. The van der Waals surface area contributed by atoms with Gasteiger partial charge in [0, 0.05) is 25.3 Å². The van der Waals surface area contributed by atoms with Crippen LogP contribution in [0.25, 0.3) is 0 Å². The molecule has 1 heterocycles. The van der Waals surface area contributed by atoms with E-state index in [9.17, 15) is 4.79 Å². The first-order valence-electron chi connectivity index (χ1n) is 4.97. The Kier molecular flexibility index (Phi) is 2.39. The summed E-state index contributed by atoms with van der Waals surface area (Å²) in [7, 11) is 0. The van der Waals surface area contributed by atoms with Gasteiger partial charge in [-0.05, 0) is 30.6 Å². The number of carbonyl (C=O) groups excluding carboxylic acids is 1. The van der Waals surface area contributed by atoms with Crippen LogP contribution in [0.4, 0.5) is 0 Å². The zero-order valence-corrected chi connectivity index (χ0v) is 9.64. The van der Waals surface area contributed by atoms with Crippen LogP contribution in [0.15, 0.2) is 0 Å². The van der Waals surface area contributed by atoms with Crippen molar-refractivity contribution in [1.29, 1.82) is 0 Å². The van der Waals surface area contributed by atoms with E-state index in [1.165, 1.54) is 19.3 Å². The third kappa shape index (κ3) is 1.63. The lowest BCUT2D eigenvalue weighted by Gasteiger charge is -2.44. The van der Waals surface area contributed by atoms with E-state index in [1.54, 1.807) is 6.92 Å². The number of amides is 1. The van der Waals surface area contributed by atoms with Gasteiger partial charge in [0.05, 0.1) is 0 Å². The average Bonchev–Trinajstić information content (AvgIpc) is 2.45. The Morgan fingerprint density at radius 2 is 2.31 bits per heavy atom. The molecule has 1 saturated carbocycles. The van der Waals surface area contributed by atoms with Crippen LogP contribution in [-0.2, 0) is 4.79 Å². The molecule has 13 heavy (non-hydrogen) atoms. The molecule has 0 atom stereocenters. The van der Waals surface area contributed by atoms with Crippen LogP contribution < -0.4 is 0 Å². The van der Waals surface area contributed by atoms with Crippen LogP contribution in [0, 0.1) is 11.3 Å². The van der Waals surface area contributed by atoms with Crippen molar-refractivity contribution in [2.75, 3.05) is 18.4 Å². The third-order valence-corrected chi connectivity index (χ3v) is 4.46. The van der Waals surface area contributed by atoms with Crippen molar-refractivity contribution in [3.8, 4) is 0 Å². The minimum absolute atomic E-state index is 0.249. The second-order valence-corrected chi connectivity index (χ2v) is 5.27. The van der Waals surface area contributed by atoms with Gasteiger partial charge >= 0.3 is 0 Å². The molecule has 0 bridgehead atoms. The monoisotopic (exact) mass is 245 g/mol. The quantitative estimate of drug-likeness (QED) is 0.648. The first-order valence-corrected chi connectivity index (χ1v) is 6.09. The lowest BCUT2D eigenvalue weighted by molar-refractivity contribution is -0.128. The van der Waals surface area contributed by atoms with E-state index in [1.807, 2.05) is 4.90 Å². The van der Waals surface area contributed by atoms with Gasteiger partial charge in [-0.3, -0.25) is 4.79 Å². The minimum atomic E-state index is 0.249. The fraction of sp³-hybridized carbons (Fsp3) is 0.900. The van der Waals surface area contributed by atoms with Crippen molar-refractivity contribution < 1.29 is 4.79 Å². The molecule has 0 aromatic rings. The Morgan fingerprint density at radius 3 is 2.77 bits per heavy atom. The van der Waals surface area contributed by atoms with Gasteiger partial charge in [0.15, 0.2) is 0 Å². The molecular weight excluding hydrogens is 230 g/mol. The molecule has 1 amide bonds. The SMILES string of the molecule is CC(=O)N1CCC2(CC(CBr)C2)C1. The number of rotatable bonds is 1. The van der Waals surface area contributed by atoms with E-state index in [-0.39, 0.29) is 5.91 Å². The molecule has 2 rings (SSSR count). The number of alkyl halides is 1. The van der Waals surface area contributed by atoms with Crippen LogP contribution in [0.1, 0.15) is 26.2 Å². The maximum absolute atomic E-state index is 11.1. The van der Waals surface area contributed by atoms with Crippen molar-refractivity contribution in [2.45, 2.75) is 26.2 Å². The summed E-state index contributed by atoms with van der Waals surface area (Å²) in [4.78, 5) is 13.1. The molecule has 1 aliphatic heterocycles. The summed E-state index contributed by atoms with van der Waals surface area (Å²) in [5.74, 6) is 1.12. The third-order valence-electron chi connectivity index (χ3n) is 3.55. The van der Waals surface area contributed by atoms with Crippen molar-refractivity contribution in [3.05, 3.63) is 0 Å². The fourth-order valence-corrected chi connectivity index (χ4v) is 3.27. The molecule has 74 valence electrons. The fourth-order valence-electron chi connectivity index (χ4n) is 2.81. The highest BCUT2D eigenvalue weighted by atomic mass is 79.9. The van der Waals surface area contributed by atoms with Gasteiger partial charge < -0.3 is 4.90 Å². The standard InChI is InChI=1S/C10H16BrNO/c1-8(13)12-3-2-10(7-12)4-9(5-10)6-11/h9H,2-7H2,1H3. The van der Waals surface area contributed by atoms with E-state index < -0.39 is 0 Å². The lowest BCUT2D eigenvalue weighted by Crippen LogP contribution is -2.41. The number of halogens is 1. The lowest BCUT2D eigenvalue weighted by atomic mass is 9.62. The van der Waals surface area contributed by atoms with Gasteiger partial charge in [0.1, 0.15) is 0 Å². The summed E-state index contributed by atoms with van der Waals surface area (Å²) in [6, 6.07) is 0. The molecule has 0 N–H and O–H groups in total. The Bertz CT molecular complexity index is 223. The molecule has 3 heteroatoms. The summed E-state index contributed by atoms with van der Waals surface area (Å²) >= 11 is 3.52. The predicted octanol–water partition coefficient (Wildman–Crippen LogP) is 2.03. The Morgan fingerprint density at radius 1 is 1.62 bits per heavy atom. The molecule has 2 fully saturated rings. The average molecular weight is 246 g/mol. The minimum Gasteiger partial charge on any atom is -0.342 e. The van der Waals surface area contributed by atoms with Crippen LogP contribution in [0.2, 0.25) is 0 Å². The van der Waals surface area contributed by atoms with Gasteiger partial charge in [0.25, 0.3) is 0 Å². The van der Waals surface area contributed by atoms with E-state index in [0.29, 0.717) is 5.41 Å². The highest BCUT2D eigenvalue weighted by Gasteiger charge is 2.48. The predicted molar refractivity (Wildman–Crippen MR) is 55.8 cm³/mol. The normalized spacial score (nSPS) is 38.0. The Hall–Kier alpha value is -0.0500. The molecule has 2 nitrogen and oxygen atoms in total. The van der Waals surface area contributed by atoms with Crippen molar-refractivity contribution in [3.63, 3.8) is 0 Å². The van der Waals surface area contributed by atoms with Crippen molar-refractivity contribution in [1.82, 2.24) is 4.90 Å². The van der Waals surface area contributed by atoms with Gasteiger partial charge in [0.2, 0.25) is 5.91 Å². The van der Waals surface area contributed by atoms with E-state index in [0.717, 1.165) is 24.3 Å². The van der Waals surface area contributed by atoms with Crippen LogP contribution in [-0.4, -0.2) is 29.2 Å². The zero-order valence-electron chi connectivity index (χ0n) is 8.05. The Labute approximate surface area is 87.8 Å². The molecule has 0 aromatic heterocycles. The number of nitrogens with zero attached hydrogens (tertiary/aromatic N) is 1. The Balaban J connectivity index is 1.89. The van der Waals surface area contributed by atoms with E-state index in [2.05, 4.69) is 15.9 Å². The van der Waals surface area contributed by atoms with Crippen molar-refractivity contribution in [2.24, 2.45) is 11.3 Å². The summed E-state index contributed by atoms with van der Waals surface area (Å²) < 4.78 is 0. The number of carbonyl (C=O) groups is 1. The molecule has 1 aliphatic carbocycles. The molecule has 0 aromatic carbocycles. The summed E-state index contributed by atoms with van der Waals surface area (Å²) in [5.41, 5.74) is 0.518. The van der Waals surface area contributed by atoms with Crippen LogP contribution >= 0.6 is 15.9 Å². The smallest absolute Gasteiger partial charge is 0.219 e. The molecule has 0 radical (unpaired) electrons. The summed E-state index contributed by atoms with van der Waals surface area (Å²) in [6.07, 6.45) is 3.88. The first-order chi connectivity index (χ1) is 6.15. The number of hydrogen-bond donors (Lipinski definition) is 0. The molecule has 1 spiro atoms. The van der Waals surface area contributed by atoms with Gasteiger partial charge in [-0.1, -0.05) is 15.9 Å². The highest BCUT2D eigenvalue weighted by molar-refractivity contribution is 9.09.